The summed E-state index contributed by atoms with van der Waals surface area (Å²) < 4.78 is 0. The molecule has 1 aromatic rings. The van der Waals surface area contributed by atoms with Crippen LogP contribution in [0.25, 0.3) is 0 Å². The smallest absolute Gasteiger partial charge is 0.326 e. The number of hydrogen-bond donors (Lipinski definition) is 5. The Hall–Kier alpha value is -2.94. The van der Waals surface area contributed by atoms with Gasteiger partial charge in [-0.15, -0.1) is 0 Å². The Bertz CT molecular complexity index is 725. The number of carboxylic acid groups (broad SMARTS) is 1. The van der Waals surface area contributed by atoms with Gasteiger partial charge >= 0.3 is 5.97 Å². The van der Waals surface area contributed by atoms with Gasteiger partial charge < -0.3 is 26.8 Å². The van der Waals surface area contributed by atoms with Crippen molar-refractivity contribution in [1.29, 1.82) is 0 Å². The van der Waals surface area contributed by atoms with E-state index in [1.54, 1.807) is 0 Å². The zero-order chi connectivity index (χ0) is 21.2. The topological polar surface area (TPSA) is 151 Å². The van der Waals surface area contributed by atoms with Gasteiger partial charge in [-0.05, 0) is 37.8 Å². The number of amides is 3. The number of aliphatic carboxylic acids is 1. The van der Waals surface area contributed by atoms with Gasteiger partial charge in [0, 0.05) is 12.8 Å². The van der Waals surface area contributed by atoms with E-state index < -0.39 is 35.9 Å². The molecule has 29 heavy (non-hydrogen) atoms. The molecular weight excluding hydrogens is 376 g/mol. The summed E-state index contributed by atoms with van der Waals surface area (Å²) >= 11 is 0. The van der Waals surface area contributed by atoms with E-state index in [1.165, 1.54) is 0 Å². The van der Waals surface area contributed by atoms with Gasteiger partial charge in [0.15, 0.2) is 0 Å². The van der Waals surface area contributed by atoms with E-state index in [-0.39, 0.29) is 25.2 Å². The quantitative estimate of drug-likeness (QED) is 0.319. The zero-order valence-electron chi connectivity index (χ0n) is 16.2. The molecule has 158 valence electrons. The molecule has 0 radical (unpaired) electrons. The van der Waals surface area contributed by atoms with Crippen molar-refractivity contribution in [1.82, 2.24) is 16.0 Å². The molecular formula is C20H28N4O5. The molecule has 1 aromatic carbocycles. The van der Waals surface area contributed by atoms with Crippen LogP contribution in [0.3, 0.4) is 0 Å². The maximum absolute atomic E-state index is 12.8. The molecule has 0 unspecified atom stereocenters. The number of rotatable bonds is 11. The number of hydrogen-bond acceptors (Lipinski definition) is 5. The maximum Gasteiger partial charge on any atom is 0.326 e. The highest BCUT2D eigenvalue weighted by molar-refractivity contribution is 5.95. The third-order valence-electron chi connectivity index (χ3n) is 4.79. The standard InChI is InChI=1S/C20H28N4O5/c21-11-5-4-8-15(20(28)29)23-19(27)16(12-13-6-2-1-3-7-13)24-18(26)14-9-10-17(25)22-14/h1-3,6-7,14-16H,4-5,8-12,21H2,(H,22,25)(H,23,27)(H,24,26)(H,28,29)/t14-,15-,16-/m0/s1. The second-order valence-corrected chi connectivity index (χ2v) is 7.09. The van der Waals surface area contributed by atoms with Gasteiger partial charge in [0.05, 0.1) is 0 Å². The van der Waals surface area contributed by atoms with Crippen LogP contribution in [-0.4, -0.2) is 53.5 Å². The number of nitrogens with one attached hydrogen (secondary N) is 3. The van der Waals surface area contributed by atoms with Crippen LogP contribution in [0.15, 0.2) is 30.3 Å². The summed E-state index contributed by atoms with van der Waals surface area (Å²) in [6.45, 7) is 0.445. The minimum atomic E-state index is -1.14. The lowest BCUT2D eigenvalue weighted by Crippen LogP contribution is -2.55. The minimum absolute atomic E-state index is 0.203. The molecule has 9 heteroatoms. The lowest BCUT2D eigenvalue weighted by molar-refractivity contribution is -0.142. The highest BCUT2D eigenvalue weighted by atomic mass is 16.4. The third-order valence-corrected chi connectivity index (χ3v) is 4.79. The number of unbranched alkanes of at least 4 members (excludes halogenated alkanes) is 1. The van der Waals surface area contributed by atoms with Crippen molar-refractivity contribution < 1.29 is 24.3 Å². The van der Waals surface area contributed by atoms with Crippen molar-refractivity contribution in [2.24, 2.45) is 5.73 Å². The Morgan fingerprint density at radius 2 is 1.86 bits per heavy atom. The van der Waals surface area contributed by atoms with E-state index in [0.717, 1.165) is 5.56 Å². The van der Waals surface area contributed by atoms with E-state index >= 15 is 0 Å². The van der Waals surface area contributed by atoms with Crippen LogP contribution in [0.1, 0.15) is 37.7 Å². The van der Waals surface area contributed by atoms with E-state index in [4.69, 9.17) is 5.73 Å². The molecule has 0 aliphatic carbocycles. The molecule has 1 aliphatic heterocycles. The van der Waals surface area contributed by atoms with Crippen LogP contribution in [0.2, 0.25) is 0 Å². The first kappa shape index (κ1) is 22.4. The van der Waals surface area contributed by atoms with E-state index in [1.807, 2.05) is 30.3 Å². The number of carboxylic acids is 1. The van der Waals surface area contributed by atoms with E-state index in [2.05, 4.69) is 16.0 Å². The molecule has 9 nitrogen and oxygen atoms in total. The van der Waals surface area contributed by atoms with Crippen LogP contribution in [0.4, 0.5) is 0 Å². The molecule has 0 bridgehead atoms. The van der Waals surface area contributed by atoms with Gasteiger partial charge in [-0.3, -0.25) is 14.4 Å². The summed E-state index contributed by atoms with van der Waals surface area (Å²) in [7, 11) is 0. The Balaban J connectivity index is 2.07. The average molecular weight is 404 g/mol. The molecule has 0 spiro atoms. The molecule has 1 fully saturated rings. The SMILES string of the molecule is NCCCC[C@H](NC(=O)[C@H](Cc1ccccc1)NC(=O)[C@@H]1CCC(=O)N1)C(=O)O. The fourth-order valence-corrected chi connectivity index (χ4v) is 3.16. The molecule has 2 rings (SSSR count). The first-order chi connectivity index (χ1) is 13.9. The van der Waals surface area contributed by atoms with Crippen molar-refractivity contribution >= 4 is 23.7 Å². The maximum atomic E-state index is 12.8. The second-order valence-electron chi connectivity index (χ2n) is 7.09. The first-order valence-electron chi connectivity index (χ1n) is 9.77. The van der Waals surface area contributed by atoms with Crippen LogP contribution in [0, 0.1) is 0 Å². The van der Waals surface area contributed by atoms with Gasteiger partial charge in [-0.25, -0.2) is 4.79 Å². The summed E-state index contributed by atoms with van der Waals surface area (Å²) in [4.78, 5) is 48.2. The Morgan fingerprint density at radius 1 is 1.14 bits per heavy atom. The molecule has 3 amide bonds. The number of nitrogens with two attached hydrogens (primary N) is 1. The summed E-state index contributed by atoms with van der Waals surface area (Å²) in [5.41, 5.74) is 6.26. The summed E-state index contributed by atoms with van der Waals surface area (Å²) in [5, 5.41) is 17.1. The number of carbonyl (C=O) groups excluding carboxylic acids is 3. The summed E-state index contributed by atoms with van der Waals surface area (Å²) in [6.07, 6.45) is 2.30. The predicted molar refractivity (Wildman–Crippen MR) is 106 cm³/mol. The third kappa shape index (κ3) is 7.19. The van der Waals surface area contributed by atoms with Crippen molar-refractivity contribution in [3.63, 3.8) is 0 Å². The van der Waals surface area contributed by atoms with Crippen LogP contribution >= 0.6 is 0 Å². The van der Waals surface area contributed by atoms with E-state index in [0.29, 0.717) is 25.8 Å². The number of carbonyl (C=O) groups is 4. The van der Waals surface area contributed by atoms with Crippen molar-refractivity contribution in [3.05, 3.63) is 35.9 Å². The lowest BCUT2D eigenvalue weighted by Gasteiger charge is -2.23. The van der Waals surface area contributed by atoms with Gasteiger partial charge in [0.2, 0.25) is 17.7 Å². The highest BCUT2D eigenvalue weighted by Gasteiger charge is 2.32. The lowest BCUT2D eigenvalue weighted by atomic mass is 10.0. The Kier molecular flexibility index (Phi) is 8.60. The molecule has 0 aromatic heterocycles. The highest BCUT2D eigenvalue weighted by Crippen LogP contribution is 2.09. The average Bonchev–Trinajstić information content (AvgIpc) is 3.14. The molecule has 3 atom stereocenters. The van der Waals surface area contributed by atoms with Crippen LogP contribution < -0.4 is 21.7 Å². The van der Waals surface area contributed by atoms with Crippen LogP contribution in [-0.2, 0) is 25.6 Å². The Morgan fingerprint density at radius 3 is 2.45 bits per heavy atom. The summed E-state index contributed by atoms with van der Waals surface area (Å²) in [5.74, 6) is -2.38. The molecule has 1 heterocycles. The fraction of sp³-hybridized carbons (Fsp3) is 0.500. The molecule has 1 aliphatic rings. The molecule has 6 N–H and O–H groups in total. The Labute approximate surface area is 169 Å². The molecule has 0 saturated carbocycles. The summed E-state index contributed by atoms with van der Waals surface area (Å²) in [6, 6.07) is 6.40. The van der Waals surface area contributed by atoms with Gasteiger partial charge in [-0.2, -0.15) is 0 Å². The van der Waals surface area contributed by atoms with Gasteiger partial charge in [0.1, 0.15) is 18.1 Å². The normalized spacial score (nSPS) is 17.8. The second kappa shape index (κ2) is 11.2. The van der Waals surface area contributed by atoms with E-state index in [9.17, 15) is 24.3 Å². The largest absolute Gasteiger partial charge is 0.480 e. The monoisotopic (exact) mass is 404 g/mol. The van der Waals surface area contributed by atoms with Gasteiger partial charge in [0.25, 0.3) is 0 Å². The fourth-order valence-electron chi connectivity index (χ4n) is 3.16. The van der Waals surface area contributed by atoms with Crippen LogP contribution in [0.5, 0.6) is 0 Å². The first-order valence-corrected chi connectivity index (χ1v) is 9.77. The number of benzene rings is 1. The van der Waals surface area contributed by atoms with Crippen molar-refractivity contribution in [2.45, 2.75) is 56.7 Å². The van der Waals surface area contributed by atoms with Crippen molar-refractivity contribution in [2.75, 3.05) is 6.54 Å². The predicted octanol–water partition coefficient (Wildman–Crippen LogP) is -0.309. The van der Waals surface area contributed by atoms with Crippen molar-refractivity contribution in [3.8, 4) is 0 Å². The van der Waals surface area contributed by atoms with Gasteiger partial charge in [-0.1, -0.05) is 30.3 Å². The zero-order valence-corrected chi connectivity index (χ0v) is 16.2. The molecule has 1 saturated heterocycles. The minimum Gasteiger partial charge on any atom is -0.480 e.